The minimum Gasteiger partial charge on any atom is -0.456 e. The van der Waals surface area contributed by atoms with E-state index in [0.29, 0.717) is 17.5 Å². The third-order valence-electron chi connectivity index (χ3n) is 9.74. The molecule has 0 aliphatic carbocycles. The summed E-state index contributed by atoms with van der Waals surface area (Å²) in [5.41, 5.74) is 10.8. The standard InChI is InChI=1S/C45H31N5OS/c1-45(2)35-25-23-31(26-36(35)50-40(29-16-8-4-9-17-29)39(46-44(50)52-45)28-14-6-3-7-15-28)42-47-41(30-18-10-5-11-19-30)48-43(49-42)32-22-24-34-33-20-12-13-21-37(33)51-38(34)27-32/h3-27H,1-2H3. The van der Waals surface area contributed by atoms with E-state index in [1.807, 2.05) is 60.7 Å². The van der Waals surface area contributed by atoms with Gasteiger partial charge in [0.2, 0.25) is 0 Å². The maximum atomic E-state index is 6.26. The van der Waals surface area contributed by atoms with E-state index in [-0.39, 0.29) is 4.75 Å². The largest absolute Gasteiger partial charge is 0.456 e. The SMILES string of the molecule is CC1(C)Sc2nc(-c3ccccc3)c(-c3ccccc3)n2-c2cc(-c3nc(-c4ccccc4)nc(-c4ccc5c(c4)oc4ccccc45)n3)ccc21. The number of benzene rings is 6. The Morgan fingerprint density at radius 2 is 1.06 bits per heavy atom. The molecule has 0 unspecified atom stereocenters. The van der Waals surface area contributed by atoms with Crippen LogP contribution in [0.4, 0.5) is 0 Å². The first-order valence-electron chi connectivity index (χ1n) is 17.3. The molecule has 1 aliphatic heterocycles. The summed E-state index contributed by atoms with van der Waals surface area (Å²) in [5.74, 6) is 1.79. The van der Waals surface area contributed by atoms with Gasteiger partial charge >= 0.3 is 0 Å². The molecule has 0 fully saturated rings. The lowest BCUT2D eigenvalue weighted by Crippen LogP contribution is -2.22. The number of thioether (sulfide) groups is 1. The van der Waals surface area contributed by atoms with Gasteiger partial charge in [-0.1, -0.05) is 139 Å². The third kappa shape index (κ3) is 5.04. The van der Waals surface area contributed by atoms with E-state index >= 15 is 0 Å². The molecule has 0 saturated heterocycles. The third-order valence-corrected chi connectivity index (χ3v) is 10.9. The van der Waals surface area contributed by atoms with Crippen LogP contribution in [0.25, 0.3) is 84.3 Å². The van der Waals surface area contributed by atoms with Crippen LogP contribution in [-0.2, 0) is 4.75 Å². The number of hydrogen-bond acceptors (Lipinski definition) is 6. The van der Waals surface area contributed by atoms with Crippen LogP contribution >= 0.6 is 11.8 Å². The molecule has 3 aromatic heterocycles. The van der Waals surface area contributed by atoms with Crippen LogP contribution < -0.4 is 0 Å². The van der Waals surface area contributed by atoms with Crippen molar-refractivity contribution in [2.24, 2.45) is 0 Å². The lowest BCUT2D eigenvalue weighted by atomic mass is 9.96. The first-order valence-corrected chi connectivity index (χ1v) is 18.1. The maximum absolute atomic E-state index is 6.26. The van der Waals surface area contributed by atoms with Crippen molar-refractivity contribution < 1.29 is 4.42 Å². The Morgan fingerprint density at radius 3 is 1.77 bits per heavy atom. The van der Waals surface area contributed by atoms with Crippen LogP contribution in [0.3, 0.4) is 0 Å². The highest BCUT2D eigenvalue weighted by Crippen LogP contribution is 2.52. The van der Waals surface area contributed by atoms with E-state index in [2.05, 4.69) is 109 Å². The zero-order chi connectivity index (χ0) is 34.8. The van der Waals surface area contributed by atoms with E-state index < -0.39 is 0 Å². The number of fused-ring (bicyclic) bond motifs is 6. The quantitative estimate of drug-likeness (QED) is 0.179. The molecule has 7 heteroatoms. The molecule has 6 nitrogen and oxygen atoms in total. The van der Waals surface area contributed by atoms with Crippen LogP contribution in [-0.4, -0.2) is 24.5 Å². The van der Waals surface area contributed by atoms with Crippen LogP contribution in [0.15, 0.2) is 161 Å². The molecule has 10 rings (SSSR count). The van der Waals surface area contributed by atoms with Crippen molar-refractivity contribution in [3.05, 3.63) is 157 Å². The highest BCUT2D eigenvalue weighted by atomic mass is 32.2. The number of imidazole rings is 1. The topological polar surface area (TPSA) is 69.6 Å². The van der Waals surface area contributed by atoms with Gasteiger partial charge in [0.1, 0.15) is 11.2 Å². The molecule has 0 amide bonds. The van der Waals surface area contributed by atoms with Gasteiger partial charge in [-0.05, 0) is 43.7 Å². The second-order valence-electron chi connectivity index (χ2n) is 13.5. The minimum absolute atomic E-state index is 0.224. The molecule has 9 aromatic rings. The van der Waals surface area contributed by atoms with Crippen LogP contribution in [0.5, 0.6) is 0 Å². The van der Waals surface area contributed by atoms with Gasteiger partial charge < -0.3 is 4.42 Å². The lowest BCUT2D eigenvalue weighted by Gasteiger charge is -2.33. The van der Waals surface area contributed by atoms with Crippen molar-refractivity contribution >= 4 is 33.7 Å². The van der Waals surface area contributed by atoms with Gasteiger partial charge in [0.05, 0.1) is 17.1 Å². The molecule has 52 heavy (non-hydrogen) atoms. The first-order chi connectivity index (χ1) is 25.5. The summed E-state index contributed by atoms with van der Waals surface area (Å²) in [7, 11) is 0. The summed E-state index contributed by atoms with van der Waals surface area (Å²) >= 11 is 1.79. The monoisotopic (exact) mass is 689 g/mol. The van der Waals surface area contributed by atoms with Crippen molar-refractivity contribution in [1.29, 1.82) is 0 Å². The van der Waals surface area contributed by atoms with Crippen LogP contribution in [0, 0.1) is 0 Å². The summed E-state index contributed by atoms with van der Waals surface area (Å²) in [6.07, 6.45) is 0. The molecule has 0 bridgehead atoms. The van der Waals surface area contributed by atoms with Gasteiger partial charge in [-0.2, -0.15) is 0 Å². The van der Waals surface area contributed by atoms with E-state index in [1.54, 1.807) is 11.8 Å². The van der Waals surface area contributed by atoms with Crippen molar-refractivity contribution in [2.75, 3.05) is 0 Å². The molecule has 1 aliphatic rings. The fraction of sp³-hybridized carbons (Fsp3) is 0.0667. The molecule has 0 saturated carbocycles. The second-order valence-corrected chi connectivity index (χ2v) is 15.1. The Hall–Kier alpha value is -6.31. The van der Waals surface area contributed by atoms with Crippen LogP contribution in [0.2, 0.25) is 0 Å². The fourth-order valence-electron chi connectivity index (χ4n) is 7.21. The number of aromatic nitrogens is 5. The van der Waals surface area contributed by atoms with Crippen molar-refractivity contribution in [2.45, 2.75) is 23.8 Å². The molecule has 0 N–H and O–H groups in total. The normalized spacial score (nSPS) is 13.3. The molecule has 0 atom stereocenters. The highest BCUT2D eigenvalue weighted by molar-refractivity contribution is 8.00. The molecular weight excluding hydrogens is 659 g/mol. The molecule has 248 valence electrons. The Balaban J connectivity index is 1.19. The molecule has 0 radical (unpaired) electrons. The van der Waals surface area contributed by atoms with Crippen molar-refractivity contribution in [3.8, 4) is 62.4 Å². The van der Waals surface area contributed by atoms with E-state index in [9.17, 15) is 0 Å². The number of rotatable bonds is 5. The molecular formula is C45H31N5OS. The Labute approximate surface area is 304 Å². The van der Waals surface area contributed by atoms with Crippen molar-refractivity contribution in [1.82, 2.24) is 24.5 Å². The van der Waals surface area contributed by atoms with Crippen molar-refractivity contribution in [3.63, 3.8) is 0 Å². The van der Waals surface area contributed by atoms with Gasteiger partial charge in [-0.3, -0.25) is 4.57 Å². The van der Waals surface area contributed by atoms with E-state index in [4.69, 9.17) is 24.4 Å². The summed E-state index contributed by atoms with van der Waals surface area (Å²) in [6.45, 7) is 4.53. The number of hydrogen-bond donors (Lipinski definition) is 0. The zero-order valence-electron chi connectivity index (χ0n) is 28.5. The number of nitrogens with zero attached hydrogens (tertiary/aromatic N) is 5. The Kier molecular flexibility index (Phi) is 6.98. The second kappa shape index (κ2) is 11.9. The first kappa shape index (κ1) is 30.5. The average molecular weight is 690 g/mol. The smallest absolute Gasteiger partial charge is 0.174 e. The highest BCUT2D eigenvalue weighted by Gasteiger charge is 2.36. The van der Waals surface area contributed by atoms with Gasteiger partial charge in [-0.15, -0.1) is 0 Å². The minimum atomic E-state index is -0.224. The van der Waals surface area contributed by atoms with E-state index in [1.165, 1.54) is 5.56 Å². The van der Waals surface area contributed by atoms with E-state index in [0.717, 1.165) is 72.0 Å². The Morgan fingerprint density at radius 1 is 0.500 bits per heavy atom. The number of furan rings is 1. The van der Waals surface area contributed by atoms with Gasteiger partial charge in [0.15, 0.2) is 22.6 Å². The predicted octanol–water partition coefficient (Wildman–Crippen LogP) is 11.6. The van der Waals surface area contributed by atoms with Gasteiger partial charge in [-0.25, -0.2) is 19.9 Å². The summed E-state index contributed by atoms with van der Waals surface area (Å²) in [5, 5.41) is 3.10. The predicted molar refractivity (Wildman–Crippen MR) is 210 cm³/mol. The molecule has 0 spiro atoms. The summed E-state index contributed by atoms with van der Waals surface area (Å²) in [6, 6.07) is 52.0. The average Bonchev–Trinajstić information content (AvgIpc) is 3.76. The zero-order valence-corrected chi connectivity index (χ0v) is 29.3. The summed E-state index contributed by atoms with van der Waals surface area (Å²) < 4.78 is 8.36. The Bertz CT molecular complexity index is 2790. The van der Waals surface area contributed by atoms with Crippen LogP contribution in [0.1, 0.15) is 19.4 Å². The van der Waals surface area contributed by atoms with Gasteiger partial charge in [0.25, 0.3) is 0 Å². The van der Waals surface area contributed by atoms with Gasteiger partial charge in [0, 0.05) is 43.3 Å². The maximum Gasteiger partial charge on any atom is 0.174 e. The molecule has 4 heterocycles. The summed E-state index contributed by atoms with van der Waals surface area (Å²) in [4.78, 5) is 20.6. The molecule has 6 aromatic carbocycles. The lowest BCUT2D eigenvalue weighted by molar-refractivity contribution is 0.669. The fourth-order valence-corrected chi connectivity index (χ4v) is 8.37. The number of para-hydroxylation sites is 1.